The van der Waals surface area contributed by atoms with Gasteiger partial charge in [0.2, 0.25) is 11.8 Å². The molecule has 144 valence electrons. The van der Waals surface area contributed by atoms with E-state index in [-0.39, 0.29) is 12.1 Å². The number of rotatable bonds is 7. The number of nitrogens with zero attached hydrogens (tertiary/aromatic N) is 3. The minimum Gasteiger partial charge on any atom is -0.495 e. The Morgan fingerprint density at radius 1 is 1.30 bits per heavy atom. The predicted molar refractivity (Wildman–Crippen MR) is 99.9 cm³/mol. The van der Waals surface area contributed by atoms with E-state index in [1.165, 1.54) is 7.11 Å². The van der Waals surface area contributed by atoms with Crippen molar-refractivity contribution in [2.45, 2.75) is 39.2 Å². The highest BCUT2D eigenvalue weighted by atomic mass is 16.6. The average Bonchev–Trinajstić information content (AvgIpc) is 3.35. The molecule has 3 rings (SSSR count). The van der Waals surface area contributed by atoms with Gasteiger partial charge in [0, 0.05) is 18.4 Å². The van der Waals surface area contributed by atoms with Gasteiger partial charge >= 0.3 is 6.03 Å². The van der Waals surface area contributed by atoms with E-state index in [2.05, 4.69) is 26.0 Å². The second kappa shape index (κ2) is 8.52. The van der Waals surface area contributed by atoms with Crippen LogP contribution in [0.25, 0.3) is 11.5 Å². The topological polar surface area (TPSA) is 111 Å². The molecule has 1 aliphatic heterocycles. The second-order valence-corrected chi connectivity index (χ2v) is 6.05. The molecule has 2 heterocycles. The lowest BCUT2D eigenvalue weighted by Crippen LogP contribution is -2.35. The molecule has 2 N–H and O–H groups in total. The van der Waals surface area contributed by atoms with Crippen molar-refractivity contribution in [1.29, 1.82) is 0 Å². The van der Waals surface area contributed by atoms with Crippen LogP contribution in [-0.2, 0) is 11.3 Å². The number of carbonyl (C=O) groups is 1. The first kappa shape index (κ1) is 18.7. The van der Waals surface area contributed by atoms with E-state index >= 15 is 0 Å². The van der Waals surface area contributed by atoms with Crippen molar-refractivity contribution in [2.75, 3.05) is 19.0 Å². The molecule has 27 heavy (non-hydrogen) atoms. The van der Waals surface area contributed by atoms with Crippen LogP contribution in [0.15, 0.2) is 27.8 Å². The zero-order valence-corrected chi connectivity index (χ0v) is 15.6. The quantitative estimate of drug-likeness (QED) is 0.772. The van der Waals surface area contributed by atoms with Crippen LogP contribution in [0.2, 0.25) is 0 Å². The minimum absolute atomic E-state index is 0.134. The smallest absolute Gasteiger partial charge is 0.319 e. The first-order valence-electron chi connectivity index (χ1n) is 8.90. The Kier molecular flexibility index (Phi) is 5.90. The maximum absolute atomic E-state index is 12.3. The number of carbonyl (C=O) groups excluding carboxylic acids is 1. The Balaban J connectivity index is 1.64. The molecule has 0 aliphatic carbocycles. The zero-order chi connectivity index (χ0) is 19.2. The van der Waals surface area contributed by atoms with E-state index in [1.807, 2.05) is 13.8 Å². The van der Waals surface area contributed by atoms with E-state index in [1.54, 1.807) is 18.2 Å². The molecule has 0 spiro atoms. The maximum Gasteiger partial charge on any atom is 0.319 e. The van der Waals surface area contributed by atoms with E-state index in [9.17, 15) is 4.79 Å². The number of nitrogens with one attached hydrogen (secondary N) is 2. The van der Waals surface area contributed by atoms with Gasteiger partial charge in [-0.05, 0) is 24.6 Å². The third-order valence-electron chi connectivity index (χ3n) is 4.16. The first-order valence-corrected chi connectivity index (χ1v) is 8.90. The van der Waals surface area contributed by atoms with Crippen molar-refractivity contribution in [2.24, 2.45) is 5.16 Å². The van der Waals surface area contributed by atoms with E-state index < -0.39 is 0 Å². The van der Waals surface area contributed by atoms with Gasteiger partial charge in [-0.15, -0.1) is 10.2 Å². The van der Waals surface area contributed by atoms with Gasteiger partial charge in [0.25, 0.3) is 0 Å². The molecule has 0 fully saturated rings. The number of hydrogen-bond donors (Lipinski definition) is 2. The minimum atomic E-state index is -0.362. The van der Waals surface area contributed by atoms with Crippen LogP contribution >= 0.6 is 0 Å². The lowest BCUT2D eigenvalue weighted by Gasteiger charge is -2.13. The van der Waals surface area contributed by atoms with Gasteiger partial charge < -0.3 is 24.6 Å². The van der Waals surface area contributed by atoms with Crippen LogP contribution in [0.5, 0.6) is 5.75 Å². The normalized spacial score (nSPS) is 15.8. The summed E-state index contributed by atoms with van der Waals surface area (Å²) in [6, 6.07) is 4.90. The van der Waals surface area contributed by atoms with Crippen molar-refractivity contribution in [3.8, 4) is 17.2 Å². The fourth-order valence-electron chi connectivity index (χ4n) is 2.63. The number of aryl methyl sites for hydroxylation is 1. The molecule has 1 aromatic carbocycles. The van der Waals surface area contributed by atoms with Crippen LogP contribution in [0, 0.1) is 0 Å². The maximum atomic E-state index is 12.3. The van der Waals surface area contributed by atoms with Crippen LogP contribution in [0.3, 0.4) is 0 Å². The molecular weight excluding hydrogens is 350 g/mol. The standard InChI is InChI=1S/C18H23N5O4/c1-4-12-9-13(27-23-12)10-19-18(24)20-14-8-11(6-7-15(14)25-3)17-22-21-16(5-2)26-17/h6-8,13H,4-5,9-10H2,1-3H3,(H2,19,20,24)/t13-/m0/s1. The molecule has 0 unspecified atom stereocenters. The Labute approximate surface area is 157 Å². The van der Waals surface area contributed by atoms with Crippen LogP contribution in [0.4, 0.5) is 10.5 Å². The highest BCUT2D eigenvalue weighted by molar-refractivity contribution is 5.92. The fourth-order valence-corrected chi connectivity index (χ4v) is 2.63. The molecule has 1 aromatic heterocycles. The Hall–Kier alpha value is -3.10. The highest BCUT2D eigenvalue weighted by Crippen LogP contribution is 2.30. The second-order valence-electron chi connectivity index (χ2n) is 6.05. The van der Waals surface area contributed by atoms with E-state index in [0.29, 0.717) is 41.7 Å². The summed E-state index contributed by atoms with van der Waals surface area (Å²) < 4.78 is 10.9. The summed E-state index contributed by atoms with van der Waals surface area (Å²) in [4.78, 5) is 17.5. The summed E-state index contributed by atoms with van der Waals surface area (Å²) in [6.45, 7) is 4.33. The van der Waals surface area contributed by atoms with Crippen molar-refractivity contribution < 1.29 is 18.8 Å². The number of methoxy groups -OCH3 is 1. The Morgan fingerprint density at radius 3 is 2.81 bits per heavy atom. The highest BCUT2D eigenvalue weighted by Gasteiger charge is 2.20. The molecule has 0 saturated heterocycles. The number of aromatic nitrogens is 2. The van der Waals surface area contributed by atoms with Crippen LogP contribution < -0.4 is 15.4 Å². The summed E-state index contributed by atoms with van der Waals surface area (Å²) >= 11 is 0. The predicted octanol–water partition coefficient (Wildman–Crippen LogP) is 2.98. The first-order chi connectivity index (χ1) is 13.1. The molecule has 9 heteroatoms. The van der Waals surface area contributed by atoms with Crippen LogP contribution in [-0.4, -0.2) is 41.7 Å². The summed E-state index contributed by atoms with van der Waals surface area (Å²) in [7, 11) is 1.54. The summed E-state index contributed by atoms with van der Waals surface area (Å²) in [5.41, 5.74) is 2.20. The molecule has 2 aromatic rings. The van der Waals surface area contributed by atoms with Crippen molar-refractivity contribution in [3.63, 3.8) is 0 Å². The summed E-state index contributed by atoms with van der Waals surface area (Å²) in [5, 5.41) is 17.5. The Bertz CT molecular complexity index is 833. The number of anilines is 1. The molecule has 2 amide bonds. The monoisotopic (exact) mass is 373 g/mol. The molecule has 1 aliphatic rings. The SMILES string of the molecule is CCC1=NO[C@H](CNC(=O)Nc2cc(-c3nnc(CC)o3)ccc2OC)C1. The van der Waals surface area contributed by atoms with E-state index in [0.717, 1.165) is 18.6 Å². The van der Waals surface area contributed by atoms with Gasteiger partial charge in [0.05, 0.1) is 25.1 Å². The largest absolute Gasteiger partial charge is 0.495 e. The molecule has 0 saturated carbocycles. The van der Waals surface area contributed by atoms with Gasteiger partial charge in [-0.3, -0.25) is 0 Å². The molecule has 1 atom stereocenters. The average molecular weight is 373 g/mol. The van der Waals surface area contributed by atoms with Gasteiger partial charge in [0.15, 0.2) is 0 Å². The van der Waals surface area contributed by atoms with Gasteiger partial charge in [0.1, 0.15) is 11.9 Å². The number of urea groups is 1. The van der Waals surface area contributed by atoms with Gasteiger partial charge in [-0.1, -0.05) is 19.0 Å². The third kappa shape index (κ3) is 4.55. The number of hydrogen-bond acceptors (Lipinski definition) is 7. The Morgan fingerprint density at radius 2 is 2.15 bits per heavy atom. The van der Waals surface area contributed by atoms with Crippen molar-refractivity contribution >= 4 is 17.4 Å². The molecule has 0 bridgehead atoms. The number of benzene rings is 1. The summed E-state index contributed by atoms with van der Waals surface area (Å²) in [6.07, 6.45) is 2.10. The summed E-state index contributed by atoms with van der Waals surface area (Å²) in [5.74, 6) is 1.47. The van der Waals surface area contributed by atoms with Crippen molar-refractivity contribution in [3.05, 3.63) is 24.1 Å². The number of amides is 2. The van der Waals surface area contributed by atoms with Crippen LogP contribution in [0.1, 0.15) is 32.6 Å². The molecule has 0 radical (unpaired) electrons. The van der Waals surface area contributed by atoms with Gasteiger partial charge in [-0.2, -0.15) is 0 Å². The van der Waals surface area contributed by atoms with E-state index in [4.69, 9.17) is 14.0 Å². The van der Waals surface area contributed by atoms with Gasteiger partial charge in [-0.25, -0.2) is 4.79 Å². The lowest BCUT2D eigenvalue weighted by molar-refractivity contribution is 0.0870. The fraction of sp³-hybridized carbons (Fsp3) is 0.444. The van der Waals surface area contributed by atoms with Crippen molar-refractivity contribution in [1.82, 2.24) is 15.5 Å². The molecule has 9 nitrogen and oxygen atoms in total. The zero-order valence-electron chi connectivity index (χ0n) is 15.6. The lowest BCUT2D eigenvalue weighted by atomic mass is 10.1. The number of ether oxygens (including phenoxy) is 1. The molecular formula is C18H23N5O4. The third-order valence-corrected chi connectivity index (χ3v) is 4.16. The number of oxime groups is 1.